The van der Waals surface area contributed by atoms with Crippen LogP contribution in [0, 0.1) is 0 Å². The van der Waals surface area contributed by atoms with Gasteiger partial charge in [-0.15, -0.1) is 0 Å². The van der Waals surface area contributed by atoms with E-state index >= 15 is 0 Å². The van der Waals surface area contributed by atoms with Crippen LogP contribution in [-0.2, 0) is 4.74 Å². The normalized spacial score (nSPS) is 24.7. The monoisotopic (exact) mass is 242 g/mol. The fourth-order valence-electron chi connectivity index (χ4n) is 2.89. The lowest BCUT2D eigenvalue weighted by Crippen LogP contribution is -2.50. The lowest BCUT2D eigenvalue weighted by molar-refractivity contribution is 0.100. The SMILES string of the molecule is CCCC1(CN(CC)CCOCC)CCCN1. The zero-order chi connectivity index (χ0) is 12.6. The van der Waals surface area contributed by atoms with E-state index in [1.165, 1.54) is 38.8 Å². The number of hydrogen-bond donors (Lipinski definition) is 1. The summed E-state index contributed by atoms with van der Waals surface area (Å²) < 4.78 is 5.46. The standard InChI is InChI=1S/C14H30N2O/c1-4-8-14(9-7-10-15-14)13-16(5-2)11-12-17-6-3/h15H,4-13H2,1-3H3. The van der Waals surface area contributed by atoms with E-state index in [0.717, 1.165) is 26.3 Å². The number of likely N-dealkylation sites (N-methyl/N-ethyl adjacent to an activating group) is 1. The zero-order valence-corrected chi connectivity index (χ0v) is 11.9. The molecule has 1 N–H and O–H groups in total. The van der Waals surface area contributed by atoms with Crippen molar-refractivity contribution in [2.24, 2.45) is 0 Å². The highest BCUT2D eigenvalue weighted by atomic mass is 16.5. The summed E-state index contributed by atoms with van der Waals surface area (Å²) in [5.41, 5.74) is 0.386. The van der Waals surface area contributed by atoms with Gasteiger partial charge in [0.25, 0.3) is 0 Å². The average molecular weight is 242 g/mol. The summed E-state index contributed by atoms with van der Waals surface area (Å²) in [6.07, 6.45) is 5.25. The molecule has 0 bridgehead atoms. The molecule has 0 aromatic rings. The summed E-state index contributed by atoms with van der Waals surface area (Å²) in [6, 6.07) is 0. The molecule has 3 heteroatoms. The van der Waals surface area contributed by atoms with Crippen LogP contribution in [0.3, 0.4) is 0 Å². The van der Waals surface area contributed by atoms with E-state index in [9.17, 15) is 0 Å². The Balaban J connectivity index is 2.40. The summed E-state index contributed by atoms with van der Waals surface area (Å²) in [5, 5.41) is 3.74. The first kappa shape index (κ1) is 14.9. The van der Waals surface area contributed by atoms with Gasteiger partial charge in [-0.1, -0.05) is 20.3 Å². The molecule has 0 aromatic carbocycles. The van der Waals surface area contributed by atoms with Gasteiger partial charge in [-0.05, 0) is 39.3 Å². The summed E-state index contributed by atoms with van der Waals surface area (Å²) in [7, 11) is 0. The molecule has 0 aliphatic carbocycles. The van der Waals surface area contributed by atoms with Crippen LogP contribution in [0.25, 0.3) is 0 Å². The maximum Gasteiger partial charge on any atom is 0.0593 e. The summed E-state index contributed by atoms with van der Waals surface area (Å²) in [5.74, 6) is 0. The van der Waals surface area contributed by atoms with Crippen molar-refractivity contribution in [2.45, 2.75) is 52.0 Å². The van der Waals surface area contributed by atoms with Crippen LogP contribution in [0.1, 0.15) is 46.5 Å². The summed E-state index contributed by atoms with van der Waals surface area (Å²) >= 11 is 0. The van der Waals surface area contributed by atoms with Crippen molar-refractivity contribution in [1.29, 1.82) is 0 Å². The predicted octanol–water partition coefficient (Wildman–Crippen LogP) is 2.27. The number of nitrogens with zero attached hydrogens (tertiary/aromatic N) is 1. The quantitative estimate of drug-likeness (QED) is 0.628. The van der Waals surface area contributed by atoms with Gasteiger partial charge in [-0.25, -0.2) is 0 Å². The molecule has 1 saturated heterocycles. The van der Waals surface area contributed by atoms with Gasteiger partial charge in [0.1, 0.15) is 0 Å². The second kappa shape index (κ2) is 8.06. The molecule has 17 heavy (non-hydrogen) atoms. The second-order valence-corrected chi connectivity index (χ2v) is 5.13. The van der Waals surface area contributed by atoms with E-state index in [0.29, 0.717) is 5.54 Å². The van der Waals surface area contributed by atoms with Crippen molar-refractivity contribution in [1.82, 2.24) is 10.2 Å². The number of nitrogens with one attached hydrogen (secondary N) is 1. The molecule has 0 spiro atoms. The molecule has 1 aliphatic rings. The molecule has 0 amide bonds. The van der Waals surface area contributed by atoms with Gasteiger partial charge in [0.2, 0.25) is 0 Å². The summed E-state index contributed by atoms with van der Waals surface area (Å²) in [4.78, 5) is 2.53. The Morgan fingerprint density at radius 3 is 2.65 bits per heavy atom. The lowest BCUT2D eigenvalue weighted by Gasteiger charge is -2.35. The van der Waals surface area contributed by atoms with E-state index in [4.69, 9.17) is 4.74 Å². The molecular weight excluding hydrogens is 212 g/mol. The smallest absolute Gasteiger partial charge is 0.0593 e. The fraction of sp³-hybridized carbons (Fsp3) is 1.00. The zero-order valence-electron chi connectivity index (χ0n) is 11.9. The van der Waals surface area contributed by atoms with Crippen LogP contribution >= 0.6 is 0 Å². The van der Waals surface area contributed by atoms with Gasteiger partial charge in [0.05, 0.1) is 6.61 Å². The topological polar surface area (TPSA) is 24.5 Å². The van der Waals surface area contributed by atoms with Gasteiger partial charge in [0.15, 0.2) is 0 Å². The predicted molar refractivity (Wildman–Crippen MR) is 73.5 cm³/mol. The van der Waals surface area contributed by atoms with Crippen LogP contribution in [0.5, 0.6) is 0 Å². The minimum absolute atomic E-state index is 0.386. The minimum Gasteiger partial charge on any atom is -0.380 e. The van der Waals surface area contributed by atoms with Crippen LogP contribution in [-0.4, -0.2) is 49.8 Å². The first-order valence-corrected chi connectivity index (χ1v) is 7.31. The van der Waals surface area contributed by atoms with Gasteiger partial charge in [0, 0.05) is 25.2 Å². The van der Waals surface area contributed by atoms with E-state index in [1.54, 1.807) is 0 Å². The van der Waals surface area contributed by atoms with Crippen molar-refractivity contribution >= 4 is 0 Å². The van der Waals surface area contributed by atoms with E-state index in [1.807, 2.05) is 0 Å². The maximum absolute atomic E-state index is 5.46. The van der Waals surface area contributed by atoms with Gasteiger partial charge in [-0.2, -0.15) is 0 Å². The third-order valence-electron chi connectivity index (χ3n) is 3.79. The molecule has 3 nitrogen and oxygen atoms in total. The molecule has 1 rings (SSSR count). The van der Waals surface area contributed by atoms with Gasteiger partial charge < -0.3 is 10.1 Å². The van der Waals surface area contributed by atoms with Crippen molar-refractivity contribution < 1.29 is 4.74 Å². The molecule has 102 valence electrons. The Morgan fingerprint density at radius 2 is 2.12 bits per heavy atom. The fourth-order valence-corrected chi connectivity index (χ4v) is 2.89. The van der Waals surface area contributed by atoms with Crippen LogP contribution in [0.15, 0.2) is 0 Å². The number of rotatable bonds is 9. The average Bonchev–Trinajstić information content (AvgIpc) is 2.77. The van der Waals surface area contributed by atoms with Crippen LogP contribution < -0.4 is 5.32 Å². The Labute approximate surface area is 107 Å². The third-order valence-corrected chi connectivity index (χ3v) is 3.79. The highest BCUT2D eigenvalue weighted by Crippen LogP contribution is 2.25. The molecule has 0 radical (unpaired) electrons. The molecule has 1 atom stereocenters. The molecule has 1 aliphatic heterocycles. The highest BCUT2D eigenvalue weighted by molar-refractivity contribution is 4.95. The van der Waals surface area contributed by atoms with Crippen LogP contribution in [0.2, 0.25) is 0 Å². The van der Waals surface area contributed by atoms with E-state index in [2.05, 4.69) is 31.0 Å². The van der Waals surface area contributed by atoms with Crippen molar-refractivity contribution in [3.63, 3.8) is 0 Å². The molecule has 1 heterocycles. The molecule has 1 fully saturated rings. The third kappa shape index (κ3) is 4.94. The van der Waals surface area contributed by atoms with E-state index < -0.39 is 0 Å². The Kier molecular flexibility index (Phi) is 7.09. The maximum atomic E-state index is 5.46. The Morgan fingerprint density at radius 1 is 1.29 bits per heavy atom. The Bertz CT molecular complexity index is 191. The molecule has 0 aromatic heterocycles. The summed E-state index contributed by atoms with van der Waals surface area (Å²) in [6.45, 7) is 12.9. The largest absolute Gasteiger partial charge is 0.380 e. The first-order chi connectivity index (χ1) is 8.26. The molecular formula is C14H30N2O. The molecule has 0 saturated carbocycles. The second-order valence-electron chi connectivity index (χ2n) is 5.13. The minimum atomic E-state index is 0.386. The van der Waals surface area contributed by atoms with Crippen molar-refractivity contribution in [2.75, 3.05) is 39.4 Å². The number of ether oxygens (including phenoxy) is 1. The van der Waals surface area contributed by atoms with Gasteiger partial charge >= 0.3 is 0 Å². The van der Waals surface area contributed by atoms with Crippen molar-refractivity contribution in [3.05, 3.63) is 0 Å². The van der Waals surface area contributed by atoms with E-state index in [-0.39, 0.29) is 0 Å². The first-order valence-electron chi connectivity index (χ1n) is 7.31. The van der Waals surface area contributed by atoms with Crippen molar-refractivity contribution in [3.8, 4) is 0 Å². The lowest BCUT2D eigenvalue weighted by atomic mass is 9.91. The molecule has 1 unspecified atom stereocenters. The highest BCUT2D eigenvalue weighted by Gasteiger charge is 2.33. The Hall–Kier alpha value is -0.120. The number of hydrogen-bond acceptors (Lipinski definition) is 3. The van der Waals surface area contributed by atoms with Gasteiger partial charge in [-0.3, -0.25) is 4.90 Å². The van der Waals surface area contributed by atoms with Crippen LogP contribution in [0.4, 0.5) is 0 Å².